The van der Waals surface area contributed by atoms with E-state index in [4.69, 9.17) is 0 Å². The van der Waals surface area contributed by atoms with Crippen LogP contribution in [0.5, 0.6) is 0 Å². The highest BCUT2D eigenvalue weighted by atomic mass is 16.1. The fourth-order valence-corrected chi connectivity index (χ4v) is 2.81. The van der Waals surface area contributed by atoms with Crippen LogP contribution in [0, 0.1) is 17.8 Å². The maximum absolute atomic E-state index is 12.3. The van der Waals surface area contributed by atoms with Gasteiger partial charge in [0.1, 0.15) is 17.9 Å². The largest absolute Gasteiger partial charge is 0.299 e. The summed E-state index contributed by atoms with van der Waals surface area (Å²) in [6, 6.07) is 0. The van der Waals surface area contributed by atoms with Gasteiger partial charge in [0.05, 0.1) is 6.42 Å². The molecular formula is C15H25N3O. The number of hydrogen-bond donors (Lipinski definition) is 0. The molecule has 1 aromatic heterocycles. The molecule has 1 heterocycles. The van der Waals surface area contributed by atoms with E-state index >= 15 is 0 Å². The number of carbonyl (C=O) groups excluding carboxylic acids is 1. The van der Waals surface area contributed by atoms with E-state index in [0.29, 0.717) is 18.1 Å². The lowest BCUT2D eigenvalue weighted by Crippen LogP contribution is -2.24. The van der Waals surface area contributed by atoms with Crippen molar-refractivity contribution in [2.75, 3.05) is 0 Å². The summed E-state index contributed by atoms with van der Waals surface area (Å²) in [5.74, 6) is 2.74. The molecule has 0 N–H and O–H groups in total. The Morgan fingerprint density at radius 3 is 2.68 bits per heavy atom. The minimum Gasteiger partial charge on any atom is -0.299 e. The van der Waals surface area contributed by atoms with Crippen LogP contribution in [0.4, 0.5) is 0 Å². The maximum atomic E-state index is 12.3. The van der Waals surface area contributed by atoms with Crippen LogP contribution in [0.15, 0.2) is 6.33 Å². The van der Waals surface area contributed by atoms with Crippen molar-refractivity contribution in [1.82, 2.24) is 14.8 Å². The minimum atomic E-state index is 0.250. The van der Waals surface area contributed by atoms with Crippen LogP contribution in [0.25, 0.3) is 0 Å². The topological polar surface area (TPSA) is 47.8 Å². The van der Waals surface area contributed by atoms with Crippen LogP contribution in [-0.2, 0) is 17.8 Å². The molecule has 0 saturated heterocycles. The van der Waals surface area contributed by atoms with E-state index in [2.05, 4.69) is 30.9 Å². The Hall–Kier alpha value is -1.19. The number of carbonyl (C=O) groups is 1. The molecule has 0 bridgehead atoms. The van der Waals surface area contributed by atoms with Crippen molar-refractivity contribution in [2.45, 2.75) is 59.4 Å². The van der Waals surface area contributed by atoms with Gasteiger partial charge in [-0.1, -0.05) is 33.6 Å². The van der Waals surface area contributed by atoms with Gasteiger partial charge >= 0.3 is 0 Å². The van der Waals surface area contributed by atoms with Crippen molar-refractivity contribution >= 4 is 5.78 Å². The van der Waals surface area contributed by atoms with Crippen molar-refractivity contribution in [2.24, 2.45) is 17.8 Å². The molecule has 0 amide bonds. The first-order valence-electron chi connectivity index (χ1n) is 7.45. The van der Waals surface area contributed by atoms with E-state index in [1.807, 2.05) is 4.68 Å². The summed E-state index contributed by atoms with van der Waals surface area (Å²) < 4.78 is 1.88. The van der Waals surface area contributed by atoms with E-state index in [9.17, 15) is 4.79 Å². The van der Waals surface area contributed by atoms with Crippen LogP contribution >= 0.6 is 0 Å². The zero-order valence-corrected chi connectivity index (χ0v) is 12.3. The molecule has 1 aromatic rings. The van der Waals surface area contributed by atoms with Crippen molar-refractivity contribution in [3.8, 4) is 0 Å². The van der Waals surface area contributed by atoms with Gasteiger partial charge in [0.2, 0.25) is 0 Å². The van der Waals surface area contributed by atoms with E-state index in [-0.39, 0.29) is 5.92 Å². The number of ketones is 1. The third-order valence-electron chi connectivity index (χ3n) is 4.04. The fourth-order valence-electron chi connectivity index (χ4n) is 2.81. The second kappa shape index (κ2) is 6.31. The smallest absolute Gasteiger partial charge is 0.143 e. The number of aromatic nitrogens is 3. The highest BCUT2D eigenvalue weighted by Gasteiger charge is 2.25. The van der Waals surface area contributed by atoms with Gasteiger partial charge in [0.15, 0.2) is 0 Å². The predicted octanol–water partition coefficient (Wildman–Crippen LogP) is 2.87. The molecular weight excluding hydrogens is 238 g/mol. The first kappa shape index (κ1) is 14.2. The van der Waals surface area contributed by atoms with Crippen molar-refractivity contribution < 1.29 is 4.79 Å². The van der Waals surface area contributed by atoms with E-state index < -0.39 is 0 Å². The number of rotatable bonds is 5. The molecule has 1 aliphatic rings. The lowest BCUT2D eigenvalue weighted by molar-refractivity contribution is -0.123. The minimum absolute atomic E-state index is 0.250. The Morgan fingerprint density at radius 2 is 2.05 bits per heavy atom. The maximum Gasteiger partial charge on any atom is 0.143 e. The van der Waals surface area contributed by atoms with Gasteiger partial charge in [0, 0.05) is 12.5 Å². The molecule has 0 spiro atoms. The molecule has 0 radical (unpaired) electrons. The van der Waals surface area contributed by atoms with E-state index in [1.165, 1.54) is 12.8 Å². The quantitative estimate of drug-likeness (QED) is 0.820. The molecule has 19 heavy (non-hydrogen) atoms. The number of nitrogens with zero attached hydrogens (tertiary/aromatic N) is 3. The predicted molar refractivity (Wildman–Crippen MR) is 74.7 cm³/mol. The summed E-state index contributed by atoms with van der Waals surface area (Å²) in [7, 11) is 0. The Bertz CT molecular complexity index is 417. The molecule has 106 valence electrons. The summed E-state index contributed by atoms with van der Waals surface area (Å²) in [5, 5.41) is 4.22. The zero-order chi connectivity index (χ0) is 13.8. The molecule has 0 atom stereocenters. The number of hydrogen-bond acceptors (Lipinski definition) is 3. The molecule has 0 unspecified atom stereocenters. The van der Waals surface area contributed by atoms with Gasteiger partial charge in [-0.25, -0.2) is 9.67 Å². The second-order valence-corrected chi connectivity index (χ2v) is 6.35. The van der Waals surface area contributed by atoms with Crippen LogP contribution < -0.4 is 0 Å². The monoisotopic (exact) mass is 263 g/mol. The van der Waals surface area contributed by atoms with Crippen molar-refractivity contribution in [1.29, 1.82) is 0 Å². The van der Waals surface area contributed by atoms with Crippen LogP contribution in [0.3, 0.4) is 0 Å². The normalized spacial score (nSPS) is 23.8. The van der Waals surface area contributed by atoms with Crippen molar-refractivity contribution in [3.05, 3.63) is 12.2 Å². The third kappa shape index (κ3) is 3.88. The van der Waals surface area contributed by atoms with Crippen LogP contribution in [0.2, 0.25) is 0 Å². The third-order valence-corrected chi connectivity index (χ3v) is 4.04. The average molecular weight is 263 g/mol. The molecule has 0 aromatic carbocycles. The van der Waals surface area contributed by atoms with Gasteiger partial charge in [0.25, 0.3) is 0 Å². The summed E-state index contributed by atoms with van der Waals surface area (Å²) in [4.78, 5) is 16.6. The summed E-state index contributed by atoms with van der Waals surface area (Å²) >= 11 is 0. The van der Waals surface area contributed by atoms with Gasteiger partial charge in [-0.3, -0.25) is 4.79 Å². The van der Waals surface area contributed by atoms with Gasteiger partial charge in [-0.2, -0.15) is 5.10 Å². The summed E-state index contributed by atoms with van der Waals surface area (Å²) in [6.07, 6.45) is 6.50. The van der Waals surface area contributed by atoms with E-state index in [1.54, 1.807) is 6.33 Å². The van der Waals surface area contributed by atoms with Crippen LogP contribution in [0.1, 0.15) is 52.3 Å². The van der Waals surface area contributed by atoms with Crippen molar-refractivity contribution in [3.63, 3.8) is 0 Å². The zero-order valence-electron chi connectivity index (χ0n) is 12.3. The Labute approximate surface area is 115 Å². The van der Waals surface area contributed by atoms with Gasteiger partial charge < -0.3 is 0 Å². The molecule has 1 aliphatic carbocycles. The second-order valence-electron chi connectivity index (χ2n) is 6.35. The standard InChI is InChI=1S/C15H25N3O/c1-11(2)9-18-15(16-10-17-18)8-14(19)13-6-4-12(3)5-7-13/h10-13H,4-9H2,1-3H3. The molecule has 1 saturated carbocycles. The van der Waals surface area contributed by atoms with Gasteiger partial charge in [-0.05, 0) is 24.7 Å². The fraction of sp³-hybridized carbons (Fsp3) is 0.800. The molecule has 4 heteroatoms. The molecule has 0 aliphatic heterocycles. The Kier molecular flexibility index (Phi) is 4.72. The SMILES string of the molecule is CC(C)Cn1ncnc1CC(=O)C1CCC(C)CC1. The number of Topliss-reactive ketones (excluding diaryl/α,β-unsaturated/α-hetero) is 1. The van der Waals surface area contributed by atoms with Gasteiger partial charge in [-0.15, -0.1) is 0 Å². The Balaban J connectivity index is 1.93. The molecule has 1 fully saturated rings. The first-order valence-corrected chi connectivity index (χ1v) is 7.45. The summed E-state index contributed by atoms with van der Waals surface area (Å²) in [5.41, 5.74) is 0. The first-order chi connectivity index (χ1) is 9.06. The molecule has 2 rings (SSSR count). The Morgan fingerprint density at radius 1 is 1.37 bits per heavy atom. The highest BCUT2D eigenvalue weighted by molar-refractivity contribution is 5.82. The lowest BCUT2D eigenvalue weighted by Gasteiger charge is -2.24. The average Bonchev–Trinajstić information content (AvgIpc) is 2.76. The highest BCUT2D eigenvalue weighted by Crippen LogP contribution is 2.29. The van der Waals surface area contributed by atoms with Crippen LogP contribution in [-0.4, -0.2) is 20.5 Å². The van der Waals surface area contributed by atoms with E-state index in [0.717, 1.165) is 31.1 Å². The summed E-state index contributed by atoms with van der Waals surface area (Å²) in [6.45, 7) is 7.41. The molecule has 4 nitrogen and oxygen atoms in total. The lowest BCUT2D eigenvalue weighted by atomic mass is 9.80.